The molecule has 14 heteroatoms. The Morgan fingerprint density at radius 2 is 1.36 bits per heavy atom. The van der Waals surface area contributed by atoms with Gasteiger partial charge in [0.25, 0.3) is 5.91 Å². The molecule has 4 aromatic carbocycles. The Balaban J connectivity index is 0.916. The highest BCUT2D eigenvalue weighted by Gasteiger charge is 2.45. The van der Waals surface area contributed by atoms with Crippen LogP contribution in [0.5, 0.6) is 0 Å². The first-order chi connectivity index (χ1) is 28.7. The normalized spacial score (nSPS) is 19.9. The van der Waals surface area contributed by atoms with Gasteiger partial charge in [-0.2, -0.15) is 0 Å². The second-order valence-corrected chi connectivity index (χ2v) is 15.7. The summed E-state index contributed by atoms with van der Waals surface area (Å²) in [6.07, 6.45) is 3.63. The highest BCUT2D eigenvalue weighted by molar-refractivity contribution is 5.89. The zero-order chi connectivity index (χ0) is 40.8. The van der Waals surface area contributed by atoms with E-state index in [9.17, 15) is 19.2 Å². The molecule has 0 radical (unpaired) electrons. The molecule has 4 heterocycles. The van der Waals surface area contributed by atoms with Crippen LogP contribution in [0.1, 0.15) is 80.8 Å². The molecule has 1 saturated carbocycles. The zero-order valence-electron chi connectivity index (χ0n) is 33.1. The number of carbonyl (C=O) groups excluding carboxylic acids is 4. The second kappa shape index (κ2) is 15.6. The lowest BCUT2D eigenvalue weighted by Crippen LogP contribution is -2.54. The Morgan fingerprint density at radius 3 is 2.00 bits per heavy atom. The molecule has 3 aliphatic rings. The fraction of sp³-hybridized carbons (Fsp3) is 0.333. The Morgan fingerprint density at radius 1 is 0.746 bits per heavy atom. The molecule has 2 saturated heterocycles. The maximum absolute atomic E-state index is 14.2. The average molecular weight is 795 g/mol. The van der Waals surface area contributed by atoms with Crippen LogP contribution in [-0.4, -0.2) is 86.1 Å². The summed E-state index contributed by atoms with van der Waals surface area (Å²) in [5.74, 6) is 1.13. The molecule has 0 bridgehead atoms. The fourth-order valence-corrected chi connectivity index (χ4v) is 8.82. The SMILES string of the molecule is COC(=O)N[C@H]1CC[C@H]2CC[C@@H](c3nc4ccc(-c5ccc(-c6ccc7nc([C@H](C)N(C(=O)[C@H](NC(=O)OC)c8ccccc8)C8CC8)[nH]c7c6)cc5)cc4[nH]3)N2C1=O. The lowest BCUT2D eigenvalue weighted by molar-refractivity contribution is -0.139. The molecule has 9 rings (SSSR count). The Kier molecular flexibility index (Phi) is 9.99. The minimum atomic E-state index is -0.899. The van der Waals surface area contributed by atoms with Gasteiger partial charge >= 0.3 is 12.2 Å². The number of piperidine rings is 1. The highest BCUT2D eigenvalue weighted by atomic mass is 16.5. The van der Waals surface area contributed by atoms with Gasteiger partial charge in [-0.25, -0.2) is 19.6 Å². The number of aromatic amines is 2. The number of methoxy groups -OCH3 is 2. The molecule has 5 atom stereocenters. The number of nitrogens with zero attached hydrogens (tertiary/aromatic N) is 4. The standard InChI is InChI=1S/C45H46N8O6/c1-25(52(31-15-16-31)43(55)39(51-45(57)59-3)28-7-5-4-6-8-28)40-46-33-19-13-29(23-36(33)48-40)26-9-11-27(12-10-26)30-14-20-34-37(24-30)49-41(47-34)38-22-18-32-17-21-35(42(54)53(32)38)50-44(56)58-2/h4-14,19-20,23-25,31-32,35,38-39H,15-18,21-22H2,1-3H3,(H,46,48)(H,47,49)(H,50,56)(H,51,57)/t25-,32-,35-,38-,39+/m0/s1. The van der Waals surface area contributed by atoms with E-state index in [1.54, 1.807) is 0 Å². The second-order valence-electron chi connectivity index (χ2n) is 15.7. The quantitative estimate of drug-likeness (QED) is 0.110. The largest absolute Gasteiger partial charge is 0.453 e. The van der Waals surface area contributed by atoms with Crippen molar-refractivity contribution < 1.29 is 28.7 Å². The molecule has 0 unspecified atom stereocenters. The third-order valence-electron chi connectivity index (χ3n) is 12.0. The van der Waals surface area contributed by atoms with E-state index in [1.807, 2.05) is 59.2 Å². The number of hydrogen-bond donors (Lipinski definition) is 4. The summed E-state index contributed by atoms with van der Waals surface area (Å²) in [6.45, 7) is 1.97. The summed E-state index contributed by atoms with van der Waals surface area (Å²) in [4.78, 5) is 72.4. The molecule has 4 amide bonds. The predicted molar refractivity (Wildman–Crippen MR) is 221 cm³/mol. The summed E-state index contributed by atoms with van der Waals surface area (Å²) >= 11 is 0. The number of rotatable bonds is 10. The monoisotopic (exact) mass is 794 g/mol. The van der Waals surface area contributed by atoms with Gasteiger partial charge in [-0.05, 0) is 97.5 Å². The molecule has 2 aromatic heterocycles. The van der Waals surface area contributed by atoms with E-state index < -0.39 is 24.3 Å². The van der Waals surface area contributed by atoms with Gasteiger partial charge in [0, 0.05) is 12.1 Å². The first kappa shape index (κ1) is 37.9. The van der Waals surface area contributed by atoms with Gasteiger partial charge in [-0.1, -0.05) is 66.7 Å². The molecule has 6 aromatic rings. The van der Waals surface area contributed by atoms with Crippen molar-refractivity contribution in [2.75, 3.05) is 14.2 Å². The molecule has 14 nitrogen and oxygen atoms in total. The number of hydrogen-bond acceptors (Lipinski definition) is 8. The number of imidazole rings is 2. The van der Waals surface area contributed by atoms with Crippen LogP contribution in [0.25, 0.3) is 44.3 Å². The summed E-state index contributed by atoms with van der Waals surface area (Å²) in [5, 5.41) is 5.44. The Bertz CT molecular complexity index is 2550. The molecule has 302 valence electrons. The van der Waals surface area contributed by atoms with Gasteiger partial charge in [0.1, 0.15) is 23.7 Å². The number of fused-ring (bicyclic) bond motifs is 3. The minimum Gasteiger partial charge on any atom is -0.453 e. The van der Waals surface area contributed by atoms with Crippen molar-refractivity contribution in [1.29, 1.82) is 0 Å². The first-order valence-electron chi connectivity index (χ1n) is 20.2. The average Bonchev–Trinajstić information content (AvgIpc) is 3.63. The molecule has 4 N–H and O–H groups in total. The summed E-state index contributed by atoms with van der Waals surface area (Å²) in [5.41, 5.74) is 8.21. The van der Waals surface area contributed by atoms with E-state index in [2.05, 4.69) is 69.1 Å². The number of amides is 4. The van der Waals surface area contributed by atoms with Crippen molar-refractivity contribution in [3.63, 3.8) is 0 Å². The van der Waals surface area contributed by atoms with Crippen molar-refractivity contribution in [3.8, 4) is 22.3 Å². The van der Waals surface area contributed by atoms with E-state index in [0.717, 1.165) is 82.2 Å². The van der Waals surface area contributed by atoms with Crippen LogP contribution in [0, 0.1) is 0 Å². The maximum atomic E-state index is 14.2. The fourth-order valence-electron chi connectivity index (χ4n) is 8.82. The van der Waals surface area contributed by atoms with E-state index in [1.165, 1.54) is 14.2 Å². The van der Waals surface area contributed by atoms with E-state index in [0.29, 0.717) is 17.8 Å². The van der Waals surface area contributed by atoms with Crippen LogP contribution in [0.3, 0.4) is 0 Å². The van der Waals surface area contributed by atoms with Crippen LogP contribution < -0.4 is 10.6 Å². The first-order valence-corrected chi connectivity index (χ1v) is 20.2. The number of H-pyrrole nitrogens is 2. The van der Waals surface area contributed by atoms with E-state index in [-0.39, 0.29) is 36.0 Å². The Labute approximate surface area is 340 Å². The molecule has 2 aliphatic heterocycles. The van der Waals surface area contributed by atoms with Crippen LogP contribution >= 0.6 is 0 Å². The smallest absolute Gasteiger partial charge is 0.407 e. The topological polar surface area (TPSA) is 175 Å². The molecule has 3 fully saturated rings. The lowest BCUT2D eigenvalue weighted by atomic mass is 9.98. The zero-order valence-corrected chi connectivity index (χ0v) is 33.1. The number of carbonyl (C=O) groups is 4. The molecular formula is C45H46N8O6. The van der Waals surface area contributed by atoms with Gasteiger partial charge in [0.2, 0.25) is 5.91 Å². The molecule has 1 aliphatic carbocycles. The van der Waals surface area contributed by atoms with Crippen molar-refractivity contribution >= 4 is 46.1 Å². The third-order valence-corrected chi connectivity index (χ3v) is 12.0. The molecule has 0 spiro atoms. The van der Waals surface area contributed by atoms with Crippen LogP contribution in [0.2, 0.25) is 0 Å². The van der Waals surface area contributed by atoms with Crippen molar-refractivity contribution in [2.45, 2.75) is 81.7 Å². The number of ether oxygens (including phenoxy) is 2. The number of aromatic nitrogens is 4. The van der Waals surface area contributed by atoms with Gasteiger partial charge < -0.3 is 39.9 Å². The van der Waals surface area contributed by atoms with Gasteiger partial charge in [0.05, 0.1) is 48.4 Å². The van der Waals surface area contributed by atoms with E-state index >= 15 is 0 Å². The minimum absolute atomic E-state index is 0.0491. The van der Waals surface area contributed by atoms with Gasteiger partial charge in [-0.15, -0.1) is 0 Å². The summed E-state index contributed by atoms with van der Waals surface area (Å²) < 4.78 is 9.61. The van der Waals surface area contributed by atoms with Crippen LogP contribution in [0.4, 0.5) is 9.59 Å². The maximum Gasteiger partial charge on any atom is 0.407 e. The van der Waals surface area contributed by atoms with Gasteiger partial charge in [0.15, 0.2) is 0 Å². The highest BCUT2D eigenvalue weighted by Crippen LogP contribution is 2.41. The lowest BCUT2D eigenvalue weighted by Gasteiger charge is -2.37. The Hall–Kier alpha value is -6.70. The van der Waals surface area contributed by atoms with Crippen molar-refractivity contribution in [3.05, 3.63) is 108 Å². The number of nitrogens with one attached hydrogen (secondary N) is 4. The molecular weight excluding hydrogens is 749 g/mol. The third kappa shape index (κ3) is 7.34. The van der Waals surface area contributed by atoms with Crippen LogP contribution in [-0.2, 0) is 19.1 Å². The van der Waals surface area contributed by atoms with Crippen molar-refractivity contribution in [1.82, 2.24) is 40.4 Å². The number of alkyl carbamates (subject to hydrolysis) is 2. The molecule has 59 heavy (non-hydrogen) atoms. The van der Waals surface area contributed by atoms with Gasteiger partial charge in [-0.3, -0.25) is 9.59 Å². The van der Waals surface area contributed by atoms with Crippen molar-refractivity contribution in [2.24, 2.45) is 0 Å². The summed E-state index contributed by atoms with van der Waals surface area (Å²) in [6, 6.07) is 28.0. The summed E-state index contributed by atoms with van der Waals surface area (Å²) in [7, 11) is 2.59. The van der Waals surface area contributed by atoms with Crippen LogP contribution in [0.15, 0.2) is 91.0 Å². The number of benzene rings is 4. The predicted octanol–water partition coefficient (Wildman–Crippen LogP) is 7.47. The van der Waals surface area contributed by atoms with E-state index in [4.69, 9.17) is 19.4 Å².